The van der Waals surface area contributed by atoms with Gasteiger partial charge in [0, 0.05) is 29.7 Å². The molecule has 0 unspecified atom stereocenters. The molecule has 3 aromatic rings. The summed E-state index contributed by atoms with van der Waals surface area (Å²) in [6, 6.07) is 9.47. The third-order valence-electron chi connectivity index (χ3n) is 5.63. The molecule has 1 aliphatic heterocycles. The van der Waals surface area contributed by atoms with Gasteiger partial charge in [0.2, 0.25) is 11.8 Å². The minimum absolute atomic E-state index is 0.0936. The van der Waals surface area contributed by atoms with Crippen molar-refractivity contribution in [1.29, 1.82) is 0 Å². The van der Waals surface area contributed by atoms with Crippen LogP contribution in [0.15, 0.2) is 41.1 Å². The van der Waals surface area contributed by atoms with E-state index < -0.39 is 0 Å². The number of carbonyl (C=O) groups is 2. The van der Waals surface area contributed by atoms with E-state index in [0.29, 0.717) is 24.0 Å². The lowest BCUT2D eigenvalue weighted by molar-refractivity contribution is -0.123. The number of aromatic nitrogens is 2. The first-order valence-electron chi connectivity index (χ1n) is 11.3. The molecule has 7 nitrogen and oxygen atoms in total. The van der Waals surface area contributed by atoms with Gasteiger partial charge in [0.25, 0.3) is 0 Å². The normalized spacial score (nSPS) is 16.2. The quantitative estimate of drug-likeness (QED) is 0.442. The van der Waals surface area contributed by atoms with E-state index in [9.17, 15) is 9.59 Å². The molecule has 0 fully saturated rings. The van der Waals surface area contributed by atoms with E-state index in [0.717, 1.165) is 22.5 Å². The number of anilines is 1. The van der Waals surface area contributed by atoms with Gasteiger partial charge in [-0.1, -0.05) is 38.4 Å². The van der Waals surface area contributed by atoms with E-state index in [1.54, 1.807) is 45.9 Å². The van der Waals surface area contributed by atoms with Crippen LogP contribution in [0.2, 0.25) is 5.02 Å². The lowest BCUT2D eigenvalue weighted by Gasteiger charge is -2.24. The fraction of sp³-hybridized carbons (Fsp3) is 0.400. The molecule has 0 aliphatic carbocycles. The molecule has 3 heterocycles. The largest absolute Gasteiger partial charge is 0.383 e. The van der Waals surface area contributed by atoms with Gasteiger partial charge < -0.3 is 10.1 Å². The Morgan fingerprint density at radius 1 is 1.31 bits per heavy atom. The van der Waals surface area contributed by atoms with Crippen molar-refractivity contribution >= 4 is 52.3 Å². The number of hydrogen-bond acceptors (Lipinski definition) is 6. The van der Waals surface area contributed by atoms with E-state index >= 15 is 0 Å². The van der Waals surface area contributed by atoms with Crippen LogP contribution >= 0.6 is 34.7 Å². The van der Waals surface area contributed by atoms with Crippen molar-refractivity contribution in [2.75, 3.05) is 37.5 Å². The zero-order valence-corrected chi connectivity index (χ0v) is 22.6. The third-order valence-corrected chi connectivity index (χ3v) is 7.82. The zero-order valence-electron chi connectivity index (χ0n) is 20.2. The number of hydrogen-bond donors (Lipinski definition) is 1. The van der Waals surface area contributed by atoms with Crippen molar-refractivity contribution in [2.24, 2.45) is 0 Å². The molecule has 0 spiro atoms. The van der Waals surface area contributed by atoms with Crippen molar-refractivity contribution in [3.05, 3.63) is 62.9 Å². The smallest absolute Gasteiger partial charge is 0.240 e. The second kappa shape index (κ2) is 10.7. The predicted molar refractivity (Wildman–Crippen MR) is 143 cm³/mol. The number of nitrogens with zero attached hydrogens (tertiary/aromatic N) is 3. The average molecular weight is 533 g/mol. The van der Waals surface area contributed by atoms with Crippen LogP contribution in [-0.2, 0) is 19.7 Å². The van der Waals surface area contributed by atoms with Crippen LogP contribution in [0.1, 0.15) is 42.8 Å². The predicted octanol–water partition coefficient (Wildman–Crippen LogP) is 4.82. The third kappa shape index (κ3) is 5.58. The first kappa shape index (κ1) is 25.8. The number of thioether (sulfide) groups is 1. The summed E-state index contributed by atoms with van der Waals surface area (Å²) in [5.74, 6) is 0.473. The van der Waals surface area contributed by atoms with Gasteiger partial charge in [-0.25, -0.2) is 4.68 Å². The standard InChI is InChI=1S/C25H29ClN4O3S2/c1-25(2,3)23-21-22(16-8-11-34-14-16)35-15-20(32)29(13-19(31)27-9-10-33-4)24(21)30(28-23)18-7-5-6-17(26)12-18/h5-8,11-12,14,22H,9-10,13,15H2,1-4H3,(H,27,31)/t22-/m0/s1. The maximum Gasteiger partial charge on any atom is 0.240 e. The van der Waals surface area contributed by atoms with Gasteiger partial charge in [-0.2, -0.15) is 16.4 Å². The molecular weight excluding hydrogens is 504 g/mol. The molecule has 0 radical (unpaired) electrons. The molecule has 186 valence electrons. The van der Waals surface area contributed by atoms with Crippen molar-refractivity contribution in [3.63, 3.8) is 0 Å². The Bertz CT molecular complexity index is 1200. The molecule has 1 N–H and O–H groups in total. The van der Waals surface area contributed by atoms with Gasteiger partial charge in [0.05, 0.1) is 29.0 Å². The number of fused-ring (bicyclic) bond motifs is 1. The number of methoxy groups -OCH3 is 1. The van der Waals surface area contributed by atoms with Gasteiger partial charge >= 0.3 is 0 Å². The molecule has 4 rings (SSSR count). The molecule has 2 aromatic heterocycles. The summed E-state index contributed by atoms with van der Waals surface area (Å²) in [5.41, 5.74) is 3.39. The maximum atomic E-state index is 13.5. The Morgan fingerprint density at radius 2 is 2.11 bits per heavy atom. The lowest BCUT2D eigenvalue weighted by Crippen LogP contribution is -2.43. The molecule has 0 saturated heterocycles. The van der Waals surface area contributed by atoms with Crippen LogP contribution in [-0.4, -0.2) is 54.2 Å². The molecular formula is C25H29ClN4O3S2. The highest BCUT2D eigenvalue weighted by molar-refractivity contribution is 8.00. The number of nitrogens with one attached hydrogen (secondary N) is 1. The number of carbonyl (C=O) groups excluding carboxylic acids is 2. The van der Waals surface area contributed by atoms with Crippen molar-refractivity contribution in [3.8, 4) is 5.69 Å². The highest BCUT2D eigenvalue weighted by atomic mass is 35.5. The molecule has 1 aliphatic rings. The fourth-order valence-corrected chi connectivity index (χ4v) is 6.18. The first-order chi connectivity index (χ1) is 16.7. The summed E-state index contributed by atoms with van der Waals surface area (Å²) in [6.07, 6.45) is 0. The molecule has 2 amide bonds. The van der Waals surface area contributed by atoms with E-state index in [1.165, 1.54) is 0 Å². The number of rotatable bonds is 7. The van der Waals surface area contributed by atoms with Crippen LogP contribution in [0.3, 0.4) is 0 Å². The van der Waals surface area contributed by atoms with Gasteiger partial charge in [-0.05, 0) is 40.6 Å². The highest BCUT2D eigenvalue weighted by Crippen LogP contribution is 2.48. The Hall–Kier alpha value is -2.33. The zero-order chi connectivity index (χ0) is 25.2. The maximum absolute atomic E-state index is 13.5. The summed E-state index contributed by atoms with van der Waals surface area (Å²) < 4.78 is 6.81. The Balaban J connectivity index is 1.93. The minimum Gasteiger partial charge on any atom is -0.383 e. The van der Waals surface area contributed by atoms with Crippen LogP contribution in [0, 0.1) is 0 Å². The van der Waals surface area contributed by atoms with Gasteiger partial charge in [-0.3, -0.25) is 14.5 Å². The van der Waals surface area contributed by atoms with E-state index in [1.807, 2.05) is 23.6 Å². The van der Waals surface area contributed by atoms with Crippen molar-refractivity contribution < 1.29 is 14.3 Å². The van der Waals surface area contributed by atoms with E-state index in [-0.39, 0.29) is 34.8 Å². The highest BCUT2D eigenvalue weighted by Gasteiger charge is 2.40. The van der Waals surface area contributed by atoms with Crippen LogP contribution < -0.4 is 10.2 Å². The Labute approximate surface area is 218 Å². The molecule has 1 aromatic carbocycles. The first-order valence-corrected chi connectivity index (χ1v) is 13.7. The van der Waals surface area contributed by atoms with Crippen LogP contribution in [0.25, 0.3) is 5.69 Å². The molecule has 0 saturated carbocycles. The summed E-state index contributed by atoms with van der Waals surface area (Å²) in [5, 5.41) is 12.5. The monoisotopic (exact) mass is 532 g/mol. The summed E-state index contributed by atoms with van der Waals surface area (Å²) >= 11 is 9.53. The summed E-state index contributed by atoms with van der Waals surface area (Å²) in [6.45, 7) is 7.00. The topological polar surface area (TPSA) is 76.5 Å². The Morgan fingerprint density at radius 3 is 2.77 bits per heavy atom. The fourth-order valence-electron chi connectivity index (χ4n) is 4.04. The summed E-state index contributed by atoms with van der Waals surface area (Å²) in [7, 11) is 1.58. The molecule has 0 bridgehead atoms. The van der Waals surface area contributed by atoms with E-state index in [4.69, 9.17) is 21.4 Å². The number of benzene rings is 1. The SMILES string of the molecule is COCCNC(=O)CN1C(=O)CS[C@@H](c2ccsc2)c2c(C(C)(C)C)nn(-c3cccc(Cl)c3)c21. The number of thiophene rings is 1. The lowest BCUT2D eigenvalue weighted by atomic mass is 9.87. The van der Waals surface area contributed by atoms with Crippen LogP contribution in [0.5, 0.6) is 0 Å². The second-order valence-corrected chi connectivity index (χ2v) is 11.6. The van der Waals surface area contributed by atoms with E-state index in [2.05, 4.69) is 37.5 Å². The molecule has 1 atom stereocenters. The minimum atomic E-state index is -0.303. The Kier molecular flexibility index (Phi) is 7.90. The van der Waals surface area contributed by atoms with Crippen molar-refractivity contribution in [1.82, 2.24) is 15.1 Å². The van der Waals surface area contributed by atoms with Gasteiger partial charge in [0.15, 0.2) is 0 Å². The summed E-state index contributed by atoms with van der Waals surface area (Å²) in [4.78, 5) is 27.9. The number of ether oxygens (including phenoxy) is 1. The number of halogens is 1. The molecule has 10 heteroatoms. The second-order valence-electron chi connectivity index (χ2n) is 9.30. The van der Waals surface area contributed by atoms with Crippen LogP contribution in [0.4, 0.5) is 5.82 Å². The average Bonchev–Trinajstić information content (AvgIpc) is 3.44. The van der Waals surface area contributed by atoms with Gasteiger partial charge in [-0.15, -0.1) is 11.8 Å². The van der Waals surface area contributed by atoms with Gasteiger partial charge in [0.1, 0.15) is 12.4 Å². The number of amides is 2. The van der Waals surface area contributed by atoms with Crippen molar-refractivity contribution in [2.45, 2.75) is 31.4 Å². The molecule has 35 heavy (non-hydrogen) atoms.